The van der Waals surface area contributed by atoms with Crippen molar-refractivity contribution >= 4 is 23.2 Å². The molecule has 0 bridgehead atoms. The van der Waals surface area contributed by atoms with Crippen LogP contribution >= 0.6 is 0 Å². The van der Waals surface area contributed by atoms with Crippen molar-refractivity contribution in [3.05, 3.63) is 24.3 Å². The SMILES string of the molecule is NC[C@@H](NC1CCC1)C(=O)Nc1ccc(N2CCOCC2=O)cc1. The molecule has 1 aromatic rings. The molecule has 1 atom stereocenters. The van der Waals surface area contributed by atoms with Gasteiger partial charge in [0.1, 0.15) is 6.61 Å². The number of carbonyl (C=O) groups excluding carboxylic acids is 2. The summed E-state index contributed by atoms with van der Waals surface area (Å²) in [5, 5.41) is 6.17. The molecule has 3 rings (SSSR count). The highest BCUT2D eigenvalue weighted by molar-refractivity contribution is 5.97. The Morgan fingerprint density at radius 2 is 2.08 bits per heavy atom. The molecule has 2 aliphatic rings. The summed E-state index contributed by atoms with van der Waals surface area (Å²) >= 11 is 0. The fraction of sp³-hybridized carbons (Fsp3) is 0.529. The number of rotatable bonds is 6. The van der Waals surface area contributed by atoms with E-state index >= 15 is 0 Å². The number of ether oxygens (including phenoxy) is 1. The monoisotopic (exact) mass is 332 g/mol. The van der Waals surface area contributed by atoms with Crippen LogP contribution < -0.4 is 21.3 Å². The van der Waals surface area contributed by atoms with Crippen molar-refractivity contribution in [3.63, 3.8) is 0 Å². The Balaban J connectivity index is 1.58. The van der Waals surface area contributed by atoms with E-state index in [0.717, 1.165) is 18.5 Å². The zero-order valence-corrected chi connectivity index (χ0v) is 13.7. The fourth-order valence-corrected chi connectivity index (χ4v) is 2.86. The van der Waals surface area contributed by atoms with E-state index in [9.17, 15) is 9.59 Å². The number of benzene rings is 1. The Morgan fingerprint density at radius 1 is 1.33 bits per heavy atom. The maximum Gasteiger partial charge on any atom is 0.253 e. The maximum absolute atomic E-state index is 12.3. The van der Waals surface area contributed by atoms with Crippen LogP contribution in [0.4, 0.5) is 11.4 Å². The second-order valence-corrected chi connectivity index (χ2v) is 6.22. The predicted molar refractivity (Wildman–Crippen MR) is 91.9 cm³/mol. The number of hydrogen-bond acceptors (Lipinski definition) is 5. The van der Waals surface area contributed by atoms with Crippen LogP contribution in [-0.2, 0) is 14.3 Å². The first kappa shape index (κ1) is 16.9. The Kier molecular flexibility index (Phi) is 5.44. The Labute approximate surface area is 141 Å². The first-order valence-electron chi connectivity index (χ1n) is 8.42. The van der Waals surface area contributed by atoms with Crippen LogP contribution in [0.5, 0.6) is 0 Å². The predicted octanol–water partition coefficient (Wildman–Crippen LogP) is 0.458. The molecule has 7 nitrogen and oxygen atoms in total. The van der Waals surface area contributed by atoms with Crippen LogP contribution in [0.3, 0.4) is 0 Å². The van der Waals surface area contributed by atoms with E-state index in [4.69, 9.17) is 10.5 Å². The van der Waals surface area contributed by atoms with Crippen molar-refractivity contribution in [2.75, 3.05) is 36.5 Å². The summed E-state index contributed by atoms with van der Waals surface area (Å²) in [4.78, 5) is 25.8. The minimum absolute atomic E-state index is 0.0501. The second kappa shape index (κ2) is 7.74. The number of anilines is 2. The van der Waals surface area contributed by atoms with E-state index in [1.807, 2.05) is 12.1 Å². The minimum atomic E-state index is -0.379. The van der Waals surface area contributed by atoms with Gasteiger partial charge in [-0.1, -0.05) is 6.42 Å². The molecule has 1 aliphatic carbocycles. The molecule has 1 aromatic carbocycles. The third-order valence-corrected chi connectivity index (χ3v) is 4.53. The lowest BCUT2D eigenvalue weighted by Crippen LogP contribution is -2.51. The van der Waals surface area contributed by atoms with Crippen LogP contribution in [0.15, 0.2) is 24.3 Å². The number of nitrogens with zero attached hydrogens (tertiary/aromatic N) is 1. The van der Waals surface area contributed by atoms with Crippen molar-refractivity contribution < 1.29 is 14.3 Å². The Bertz CT molecular complexity index is 586. The Hall–Kier alpha value is -1.96. The Morgan fingerprint density at radius 3 is 2.67 bits per heavy atom. The van der Waals surface area contributed by atoms with E-state index in [2.05, 4.69) is 10.6 Å². The summed E-state index contributed by atoms with van der Waals surface area (Å²) < 4.78 is 5.13. The van der Waals surface area contributed by atoms with E-state index in [-0.39, 0.29) is 31.0 Å². The van der Waals surface area contributed by atoms with Crippen molar-refractivity contribution in [2.45, 2.75) is 31.3 Å². The number of morpholine rings is 1. The van der Waals surface area contributed by atoms with Gasteiger partial charge >= 0.3 is 0 Å². The third kappa shape index (κ3) is 3.92. The second-order valence-electron chi connectivity index (χ2n) is 6.22. The molecular formula is C17H24N4O3. The number of nitrogens with two attached hydrogens (primary N) is 1. The molecule has 1 aliphatic heterocycles. The summed E-state index contributed by atoms with van der Waals surface area (Å²) in [6, 6.07) is 7.28. The van der Waals surface area contributed by atoms with Crippen LogP contribution in [0, 0.1) is 0 Å². The molecule has 0 aromatic heterocycles. The van der Waals surface area contributed by atoms with Crippen molar-refractivity contribution in [1.29, 1.82) is 0 Å². The standard InChI is InChI=1S/C17H24N4O3/c18-10-15(19-12-2-1-3-12)17(23)20-13-4-6-14(7-5-13)21-8-9-24-11-16(21)22/h4-7,12,15,19H,1-3,8-11,18H2,(H,20,23)/t15-/m1/s1. The van der Waals surface area contributed by atoms with Crippen molar-refractivity contribution in [3.8, 4) is 0 Å². The average Bonchev–Trinajstić information content (AvgIpc) is 2.55. The lowest BCUT2D eigenvalue weighted by Gasteiger charge is -2.30. The minimum Gasteiger partial charge on any atom is -0.370 e. The van der Waals surface area contributed by atoms with Crippen molar-refractivity contribution in [1.82, 2.24) is 5.32 Å². The molecule has 7 heteroatoms. The summed E-state index contributed by atoms with van der Waals surface area (Å²) in [6.07, 6.45) is 3.41. The quantitative estimate of drug-likeness (QED) is 0.703. The fourth-order valence-electron chi connectivity index (χ4n) is 2.86. The van der Waals surface area contributed by atoms with Gasteiger partial charge in [0.25, 0.3) is 5.91 Å². The summed E-state index contributed by atoms with van der Waals surface area (Å²) in [5.74, 6) is -0.175. The van der Waals surface area contributed by atoms with Gasteiger partial charge < -0.3 is 26.0 Å². The summed E-state index contributed by atoms with van der Waals surface area (Å²) in [5.41, 5.74) is 7.21. The van der Waals surface area contributed by atoms with Gasteiger partial charge in [0, 0.05) is 30.5 Å². The van der Waals surface area contributed by atoms with E-state index < -0.39 is 0 Å². The lowest BCUT2D eigenvalue weighted by molar-refractivity contribution is -0.125. The van der Waals surface area contributed by atoms with Gasteiger partial charge in [-0.15, -0.1) is 0 Å². The number of hydrogen-bond donors (Lipinski definition) is 3. The van der Waals surface area contributed by atoms with Crippen LogP contribution in [0.2, 0.25) is 0 Å². The largest absolute Gasteiger partial charge is 0.370 e. The average molecular weight is 332 g/mol. The highest BCUT2D eigenvalue weighted by Gasteiger charge is 2.25. The van der Waals surface area contributed by atoms with Gasteiger partial charge in [0.15, 0.2) is 0 Å². The normalized spacial score (nSPS) is 19.7. The van der Waals surface area contributed by atoms with E-state index in [1.54, 1.807) is 17.0 Å². The van der Waals surface area contributed by atoms with Crippen LogP contribution in [-0.4, -0.2) is 50.2 Å². The van der Waals surface area contributed by atoms with Gasteiger partial charge in [-0.05, 0) is 37.1 Å². The molecule has 2 amide bonds. The summed E-state index contributed by atoms with van der Waals surface area (Å²) in [6.45, 7) is 1.46. The van der Waals surface area contributed by atoms with Gasteiger partial charge in [-0.2, -0.15) is 0 Å². The maximum atomic E-state index is 12.3. The number of carbonyl (C=O) groups is 2. The van der Waals surface area contributed by atoms with Crippen molar-refractivity contribution in [2.24, 2.45) is 5.73 Å². The smallest absolute Gasteiger partial charge is 0.253 e. The molecular weight excluding hydrogens is 308 g/mol. The third-order valence-electron chi connectivity index (χ3n) is 4.53. The topological polar surface area (TPSA) is 96.7 Å². The van der Waals surface area contributed by atoms with E-state index in [0.29, 0.717) is 24.9 Å². The molecule has 0 unspecified atom stereocenters. The first-order valence-corrected chi connectivity index (χ1v) is 8.42. The van der Waals surface area contributed by atoms with E-state index in [1.165, 1.54) is 6.42 Å². The van der Waals surface area contributed by atoms with Gasteiger partial charge in [-0.3, -0.25) is 9.59 Å². The lowest BCUT2D eigenvalue weighted by atomic mass is 9.92. The molecule has 1 saturated carbocycles. The molecule has 1 heterocycles. The van der Waals surface area contributed by atoms with Gasteiger partial charge in [0.05, 0.1) is 12.6 Å². The molecule has 130 valence electrons. The first-order chi connectivity index (χ1) is 11.7. The van der Waals surface area contributed by atoms with Crippen LogP contribution in [0.25, 0.3) is 0 Å². The molecule has 0 spiro atoms. The molecule has 1 saturated heterocycles. The highest BCUT2D eigenvalue weighted by atomic mass is 16.5. The summed E-state index contributed by atoms with van der Waals surface area (Å²) in [7, 11) is 0. The highest BCUT2D eigenvalue weighted by Crippen LogP contribution is 2.21. The number of nitrogens with one attached hydrogen (secondary N) is 2. The molecule has 24 heavy (non-hydrogen) atoms. The van der Waals surface area contributed by atoms with Gasteiger partial charge in [-0.25, -0.2) is 0 Å². The zero-order chi connectivity index (χ0) is 16.9. The number of amides is 2. The zero-order valence-electron chi connectivity index (χ0n) is 13.7. The molecule has 4 N–H and O–H groups in total. The molecule has 2 fully saturated rings. The van der Waals surface area contributed by atoms with Gasteiger partial charge in [0.2, 0.25) is 5.91 Å². The molecule has 0 radical (unpaired) electrons. The van der Waals surface area contributed by atoms with Crippen LogP contribution in [0.1, 0.15) is 19.3 Å².